The maximum atomic E-state index is 9.41. The van der Waals surface area contributed by atoms with E-state index in [2.05, 4.69) is 15.2 Å². The summed E-state index contributed by atoms with van der Waals surface area (Å²) in [4.78, 5) is 11.5. The van der Waals surface area contributed by atoms with Crippen molar-refractivity contribution >= 4 is 5.95 Å². The van der Waals surface area contributed by atoms with Gasteiger partial charge in [0.15, 0.2) is 0 Å². The molecule has 1 fully saturated rings. The minimum absolute atomic E-state index is 0.239. The zero-order chi connectivity index (χ0) is 15.4. The number of aliphatic hydroxyl groups is 2. The summed E-state index contributed by atoms with van der Waals surface area (Å²) in [6, 6.07) is 0. The summed E-state index contributed by atoms with van der Waals surface area (Å²) in [7, 11) is 0. The van der Waals surface area contributed by atoms with Crippen molar-refractivity contribution in [2.75, 3.05) is 44.3 Å². The second-order valence-corrected chi connectivity index (χ2v) is 5.82. The summed E-state index contributed by atoms with van der Waals surface area (Å²) in [6.07, 6.45) is 2.69. The van der Waals surface area contributed by atoms with Crippen LogP contribution in [0.2, 0.25) is 0 Å². The van der Waals surface area contributed by atoms with Gasteiger partial charge < -0.3 is 25.2 Å². The maximum Gasteiger partial charge on any atom is 0.228 e. The molecule has 3 N–H and O–H groups in total. The van der Waals surface area contributed by atoms with Crippen LogP contribution in [-0.2, 0) is 12.8 Å². The molecule has 3 rings (SSSR count). The van der Waals surface area contributed by atoms with Crippen LogP contribution < -0.4 is 15.0 Å². The number of aliphatic hydroxyl groups excluding tert-OH is 2. The van der Waals surface area contributed by atoms with Crippen LogP contribution in [0.3, 0.4) is 0 Å². The Morgan fingerprint density at radius 1 is 1.23 bits per heavy atom. The number of hydrogen-bond acceptors (Lipinski definition) is 7. The molecule has 0 saturated carbocycles. The molecule has 1 aliphatic carbocycles. The van der Waals surface area contributed by atoms with Gasteiger partial charge in [-0.05, 0) is 19.3 Å². The van der Waals surface area contributed by atoms with Crippen molar-refractivity contribution in [3.8, 4) is 5.88 Å². The van der Waals surface area contributed by atoms with Gasteiger partial charge in [0.2, 0.25) is 11.8 Å². The Labute approximate surface area is 130 Å². The van der Waals surface area contributed by atoms with Gasteiger partial charge in [-0.15, -0.1) is 0 Å². The molecular formula is C15H24N4O3. The fourth-order valence-electron chi connectivity index (χ4n) is 2.89. The van der Waals surface area contributed by atoms with Crippen molar-refractivity contribution in [3.05, 3.63) is 11.3 Å². The first-order valence-electron chi connectivity index (χ1n) is 8.05. The number of nitrogens with one attached hydrogen (secondary N) is 1. The lowest BCUT2D eigenvalue weighted by molar-refractivity contribution is 0.0746. The van der Waals surface area contributed by atoms with Gasteiger partial charge in [0, 0.05) is 38.2 Å². The lowest BCUT2D eigenvalue weighted by Crippen LogP contribution is -2.44. The molecule has 1 aromatic rings. The molecule has 0 amide bonds. The Kier molecular flexibility index (Phi) is 5.07. The molecule has 1 saturated heterocycles. The first kappa shape index (κ1) is 15.5. The summed E-state index contributed by atoms with van der Waals surface area (Å²) in [6.45, 7) is 3.81. The van der Waals surface area contributed by atoms with Crippen molar-refractivity contribution in [3.63, 3.8) is 0 Å². The van der Waals surface area contributed by atoms with E-state index in [1.165, 1.54) is 0 Å². The summed E-state index contributed by atoms with van der Waals surface area (Å²) in [5, 5.41) is 21.6. The van der Waals surface area contributed by atoms with Gasteiger partial charge in [-0.2, -0.15) is 4.98 Å². The average Bonchev–Trinajstić information content (AvgIpc) is 3.04. The Bertz CT molecular complexity index is 506. The minimum Gasteiger partial charge on any atom is -0.477 e. The zero-order valence-electron chi connectivity index (χ0n) is 12.8. The van der Waals surface area contributed by atoms with Gasteiger partial charge in [0.1, 0.15) is 0 Å². The number of fused-ring (bicyclic) bond motifs is 1. The summed E-state index contributed by atoms with van der Waals surface area (Å²) < 4.78 is 5.79. The Hall–Kier alpha value is -1.44. The van der Waals surface area contributed by atoms with Crippen molar-refractivity contribution in [1.82, 2.24) is 15.3 Å². The normalized spacial score (nSPS) is 19.1. The number of anilines is 1. The molecule has 122 valence electrons. The molecule has 0 aromatic carbocycles. The van der Waals surface area contributed by atoms with E-state index in [9.17, 15) is 5.11 Å². The quantitative estimate of drug-likeness (QED) is 0.652. The molecule has 0 bridgehead atoms. The van der Waals surface area contributed by atoms with E-state index in [0.717, 1.165) is 62.6 Å². The smallest absolute Gasteiger partial charge is 0.228 e. The topological polar surface area (TPSA) is 90.7 Å². The fourth-order valence-corrected chi connectivity index (χ4v) is 2.89. The predicted molar refractivity (Wildman–Crippen MR) is 82.3 cm³/mol. The third-order valence-electron chi connectivity index (χ3n) is 4.18. The van der Waals surface area contributed by atoms with Gasteiger partial charge in [-0.1, -0.05) is 0 Å². The third-order valence-corrected chi connectivity index (χ3v) is 4.18. The number of piperazine rings is 1. The van der Waals surface area contributed by atoms with Crippen molar-refractivity contribution in [2.24, 2.45) is 0 Å². The molecule has 2 heterocycles. The van der Waals surface area contributed by atoms with Gasteiger partial charge in [-0.25, -0.2) is 4.98 Å². The number of hydrogen-bond donors (Lipinski definition) is 3. The van der Waals surface area contributed by atoms with Crippen LogP contribution in [0, 0.1) is 0 Å². The highest BCUT2D eigenvalue weighted by atomic mass is 16.5. The van der Waals surface area contributed by atoms with E-state index in [0.29, 0.717) is 18.9 Å². The largest absolute Gasteiger partial charge is 0.477 e. The Morgan fingerprint density at radius 2 is 2.05 bits per heavy atom. The van der Waals surface area contributed by atoms with Crippen LogP contribution in [0.25, 0.3) is 0 Å². The molecule has 1 aromatic heterocycles. The number of aromatic nitrogens is 2. The van der Waals surface area contributed by atoms with E-state index in [1.54, 1.807) is 0 Å². The molecule has 1 aliphatic heterocycles. The maximum absolute atomic E-state index is 9.41. The number of rotatable bonds is 6. The van der Waals surface area contributed by atoms with Crippen LogP contribution in [0.5, 0.6) is 5.88 Å². The van der Waals surface area contributed by atoms with Crippen LogP contribution in [0.4, 0.5) is 5.95 Å². The lowest BCUT2D eigenvalue weighted by Gasteiger charge is -2.28. The molecular weight excluding hydrogens is 284 g/mol. The number of aryl methyl sites for hydroxylation is 1. The van der Waals surface area contributed by atoms with Gasteiger partial charge >= 0.3 is 0 Å². The molecule has 2 aliphatic rings. The highest BCUT2D eigenvalue weighted by Crippen LogP contribution is 2.30. The first-order valence-corrected chi connectivity index (χ1v) is 8.05. The van der Waals surface area contributed by atoms with E-state index < -0.39 is 6.10 Å². The first-order chi connectivity index (χ1) is 10.8. The molecule has 0 spiro atoms. The second-order valence-electron chi connectivity index (χ2n) is 5.82. The Balaban J connectivity index is 1.74. The molecule has 0 unspecified atom stereocenters. The molecule has 0 radical (unpaired) electrons. The SMILES string of the molecule is OC[C@@H](O)CCOc1nc(N2CCNCC2)nc2c1CCC2. The summed E-state index contributed by atoms with van der Waals surface area (Å²) in [5.41, 5.74) is 2.21. The molecule has 7 nitrogen and oxygen atoms in total. The van der Waals surface area contributed by atoms with E-state index in [1.807, 2.05) is 0 Å². The van der Waals surface area contributed by atoms with Crippen LogP contribution >= 0.6 is 0 Å². The number of ether oxygens (including phenoxy) is 1. The lowest BCUT2D eigenvalue weighted by atomic mass is 10.2. The van der Waals surface area contributed by atoms with Crippen LogP contribution in [0.15, 0.2) is 0 Å². The van der Waals surface area contributed by atoms with Gasteiger partial charge in [0.25, 0.3) is 0 Å². The van der Waals surface area contributed by atoms with Gasteiger partial charge in [0.05, 0.1) is 25.0 Å². The van der Waals surface area contributed by atoms with E-state index in [-0.39, 0.29) is 6.61 Å². The van der Waals surface area contributed by atoms with Crippen molar-refractivity contribution in [2.45, 2.75) is 31.8 Å². The van der Waals surface area contributed by atoms with Crippen LogP contribution in [-0.4, -0.2) is 65.7 Å². The van der Waals surface area contributed by atoms with Crippen molar-refractivity contribution in [1.29, 1.82) is 0 Å². The van der Waals surface area contributed by atoms with E-state index >= 15 is 0 Å². The fraction of sp³-hybridized carbons (Fsp3) is 0.733. The predicted octanol–water partition coefficient (Wildman–Crippen LogP) is -0.503. The highest BCUT2D eigenvalue weighted by molar-refractivity contribution is 5.42. The van der Waals surface area contributed by atoms with E-state index in [4.69, 9.17) is 14.8 Å². The second kappa shape index (κ2) is 7.21. The number of nitrogens with zero attached hydrogens (tertiary/aromatic N) is 3. The zero-order valence-corrected chi connectivity index (χ0v) is 12.8. The summed E-state index contributed by atoms with van der Waals surface area (Å²) >= 11 is 0. The van der Waals surface area contributed by atoms with Gasteiger partial charge in [-0.3, -0.25) is 0 Å². The summed E-state index contributed by atoms with van der Waals surface area (Å²) in [5.74, 6) is 1.40. The minimum atomic E-state index is -0.734. The Morgan fingerprint density at radius 3 is 2.82 bits per heavy atom. The highest BCUT2D eigenvalue weighted by Gasteiger charge is 2.23. The molecule has 22 heavy (non-hydrogen) atoms. The molecule has 1 atom stereocenters. The van der Waals surface area contributed by atoms with Crippen molar-refractivity contribution < 1.29 is 14.9 Å². The standard InChI is InChI=1S/C15H24N4O3/c20-10-11(21)4-9-22-14-12-2-1-3-13(12)17-15(18-14)19-7-5-16-6-8-19/h11,16,20-21H,1-10H2/t11-/m0/s1. The third kappa shape index (κ3) is 3.48. The average molecular weight is 308 g/mol. The van der Waals surface area contributed by atoms with Crippen LogP contribution in [0.1, 0.15) is 24.1 Å². The monoisotopic (exact) mass is 308 g/mol. The molecule has 7 heteroatoms.